The minimum atomic E-state index is -0.378. The Kier molecular flexibility index (Phi) is 4.22. The molecule has 0 bridgehead atoms. The number of nitrogens with two attached hydrogens (primary N) is 1. The number of carbonyl (C=O) groups is 2. The summed E-state index contributed by atoms with van der Waals surface area (Å²) in [6.45, 7) is 3.67. The number of likely N-dealkylation sites (tertiary alicyclic amines) is 1. The molecule has 0 aliphatic carbocycles. The topological polar surface area (TPSA) is 75.4 Å². The Morgan fingerprint density at radius 1 is 1.28 bits per heavy atom. The largest absolute Gasteiger partial charge is 0.368 e. The maximum atomic E-state index is 12.5. The molecule has 0 saturated carbocycles. The number of nitrogens with one attached hydrogen (secondary N) is 1. The van der Waals surface area contributed by atoms with Crippen molar-refractivity contribution in [3.63, 3.8) is 0 Å². The summed E-state index contributed by atoms with van der Waals surface area (Å²) in [6.07, 6.45) is 4.42. The van der Waals surface area contributed by atoms with E-state index in [0.29, 0.717) is 12.6 Å². The Morgan fingerprint density at radius 3 is 2.72 bits per heavy atom. The molecule has 2 fully saturated rings. The van der Waals surface area contributed by atoms with Gasteiger partial charge in [0, 0.05) is 18.5 Å². The standard InChI is InChI=1S/C13H23N3O2/c1-9-8-10(5-6-15-9)13(18)16-7-3-2-4-11(16)12(14)17/h9-11,15H,2-8H2,1H3,(H2,14,17). The van der Waals surface area contributed by atoms with Gasteiger partial charge in [0.2, 0.25) is 11.8 Å². The van der Waals surface area contributed by atoms with Crippen LogP contribution >= 0.6 is 0 Å². The van der Waals surface area contributed by atoms with E-state index in [2.05, 4.69) is 12.2 Å². The summed E-state index contributed by atoms with van der Waals surface area (Å²) >= 11 is 0. The smallest absolute Gasteiger partial charge is 0.240 e. The van der Waals surface area contributed by atoms with Crippen molar-refractivity contribution in [2.75, 3.05) is 13.1 Å². The van der Waals surface area contributed by atoms with Gasteiger partial charge >= 0.3 is 0 Å². The van der Waals surface area contributed by atoms with Gasteiger partial charge in [-0.05, 0) is 45.6 Å². The van der Waals surface area contributed by atoms with Crippen LogP contribution in [-0.4, -0.2) is 41.9 Å². The summed E-state index contributed by atoms with van der Waals surface area (Å²) < 4.78 is 0. The van der Waals surface area contributed by atoms with Gasteiger partial charge in [-0.15, -0.1) is 0 Å². The Hall–Kier alpha value is -1.10. The highest BCUT2D eigenvalue weighted by molar-refractivity contribution is 5.87. The van der Waals surface area contributed by atoms with Gasteiger partial charge in [0.05, 0.1) is 0 Å². The minimum Gasteiger partial charge on any atom is -0.368 e. The molecule has 102 valence electrons. The van der Waals surface area contributed by atoms with Crippen LogP contribution in [0.3, 0.4) is 0 Å². The molecule has 0 aromatic rings. The molecular formula is C13H23N3O2. The predicted molar refractivity (Wildman–Crippen MR) is 68.7 cm³/mol. The quantitative estimate of drug-likeness (QED) is 0.740. The molecule has 2 aliphatic rings. The van der Waals surface area contributed by atoms with Crippen LogP contribution in [0.5, 0.6) is 0 Å². The van der Waals surface area contributed by atoms with Crippen LogP contribution in [0.1, 0.15) is 39.0 Å². The lowest BCUT2D eigenvalue weighted by atomic mass is 9.90. The predicted octanol–water partition coefficient (Wildman–Crippen LogP) is 0.241. The number of piperidine rings is 2. The second-order valence-corrected chi connectivity index (χ2v) is 5.52. The van der Waals surface area contributed by atoms with Crippen molar-refractivity contribution in [2.24, 2.45) is 11.7 Å². The number of hydrogen-bond acceptors (Lipinski definition) is 3. The van der Waals surface area contributed by atoms with Crippen LogP contribution in [-0.2, 0) is 9.59 Å². The average Bonchev–Trinajstić information content (AvgIpc) is 2.38. The van der Waals surface area contributed by atoms with Gasteiger partial charge in [-0.1, -0.05) is 0 Å². The van der Waals surface area contributed by atoms with E-state index in [1.807, 2.05) is 0 Å². The Balaban J connectivity index is 2.03. The van der Waals surface area contributed by atoms with Crippen molar-refractivity contribution < 1.29 is 9.59 Å². The molecule has 5 nitrogen and oxygen atoms in total. The van der Waals surface area contributed by atoms with Crippen molar-refractivity contribution in [1.82, 2.24) is 10.2 Å². The van der Waals surface area contributed by atoms with Crippen LogP contribution in [0.2, 0.25) is 0 Å². The Labute approximate surface area is 108 Å². The van der Waals surface area contributed by atoms with Crippen LogP contribution in [0, 0.1) is 5.92 Å². The van der Waals surface area contributed by atoms with E-state index in [1.165, 1.54) is 0 Å². The lowest BCUT2D eigenvalue weighted by Gasteiger charge is -2.38. The van der Waals surface area contributed by atoms with Crippen LogP contribution in [0.25, 0.3) is 0 Å². The molecule has 2 rings (SSSR count). The van der Waals surface area contributed by atoms with Crippen molar-refractivity contribution in [2.45, 2.75) is 51.1 Å². The van der Waals surface area contributed by atoms with Gasteiger partial charge < -0.3 is 16.0 Å². The molecule has 0 aromatic carbocycles. The summed E-state index contributed by atoms with van der Waals surface area (Å²) in [4.78, 5) is 25.7. The number of nitrogens with zero attached hydrogens (tertiary/aromatic N) is 1. The molecule has 3 atom stereocenters. The molecular weight excluding hydrogens is 230 g/mol. The first-order chi connectivity index (χ1) is 8.59. The van der Waals surface area contributed by atoms with Crippen molar-refractivity contribution in [1.29, 1.82) is 0 Å². The zero-order chi connectivity index (χ0) is 13.1. The number of primary amides is 1. The third-order valence-corrected chi connectivity index (χ3v) is 4.09. The summed E-state index contributed by atoms with van der Waals surface area (Å²) in [5.74, 6) is -0.168. The molecule has 0 radical (unpaired) electrons. The van der Waals surface area contributed by atoms with Crippen LogP contribution in [0.15, 0.2) is 0 Å². The first-order valence-electron chi connectivity index (χ1n) is 6.92. The highest BCUT2D eigenvalue weighted by atomic mass is 16.2. The zero-order valence-corrected chi connectivity index (χ0v) is 11.0. The molecule has 2 amide bonds. The van der Waals surface area contributed by atoms with Crippen molar-refractivity contribution >= 4 is 11.8 Å². The number of hydrogen-bond donors (Lipinski definition) is 2. The number of amides is 2. The maximum Gasteiger partial charge on any atom is 0.240 e. The van der Waals surface area contributed by atoms with Crippen LogP contribution in [0.4, 0.5) is 0 Å². The van der Waals surface area contributed by atoms with E-state index in [4.69, 9.17) is 5.73 Å². The van der Waals surface area contributed by atoms with E-state index in [9.17, 15) is 9.59 Å². The van der Waals surface area contributed by atoms with Gasteiger partial charge in [-0.3, -0.25) is 9.59 Å². The highest BCUT2D eigenvalue weighted by Gasteiger charge is 2.35. The normalized spacial score (nSPS) is 33.2. The molecule has 18 heavy (non-hydrogen) atoms. The minimum absolute atomic E-state index is 0.0567. The lowest BCUT2D eigenvalue weighted by molar-refractivity contribution is -0.145. The van der Waals surface area contributed by atoms with Crippen molar-refractivity contribution in [3.8, 4) is 0 Å². The SMILES string of the molecule is CC1CC(C(=O)N2CCCCC2C(N)=O)CCN1. The molecule has 0 aromatic heterocycles. The van der Waals surface area contributed by atoms with Crippen LogP contribution < -0.4 is 11.1 Å². The fourth-order valence-electron chi connectivity index (χ4n) is 3.08. The molecule has 2 aliphatic heterocycles. The Bertz CT molecular complexity index is 332. The number of carbonyl (C=O) groups excluding carboxylic acids is 2. The molecule has 3 unspecified atom stereocenters. The molecule has 3 N–H and O–H groups in total. The van der Waals surface area contributed by atoms with Gasteiger partial charge in [0.25, 0.3) is 0 Å². The third-order valence-electron chi connectivity index (χ3n) is 4.09. The lowest BCUT2D eigenvalue weighted by Crippen LogP contribution is -2.53. The van der Waals surface area contributed by atoms with E-state index in [1.54, 1.807) is 4.90 Å². The van der Waals surface area contributed by atoms with Gasteiger partial charge in [-0.25, -0.2) is 0 Å². The summed E-state index contributed by atoms with van der Waals surface area (Å²) in [7, 11) is 0. The molecule has 0 spiro atoms. The average molecular weight is 253 g/mol. The van der Waals surface area contributed by atoms with Gasteiger partial charge in [-0.2, -0.15) is 0 Å². The molecule has 5 heteroatoms. The van der Waals surface area contributed by atoms with E-state index >= 15 is 0 Å². The summed E-state index contributed by atoms with van der Waals surface area (Å²) in [5, 5.41) is 3.34. The van der Waals surface area contributed by atoms with Gasteiger partial charge in [0.1, 0.15) is 6.04 Å². The highest BCUT2D eigenvalue weighted by Crippen LogP contribution is 2.24. The van der Waals surface area contributed by atoms with Gasteiger partial charge in [0.15, 0.2) is 0 Å². The van der Waals surface area contributed by atoms with Crippen molar-refractivity contribution in [3.05, 3.63) is 0 Å². The molecule has 2 heterocycles. The fraction of sp³-hybridized carbons (Fsp3) is 0.846. The third kappa shape index (κ3) is 2.83. The fourth-order valence-corrected chi connectivity index (χ4v) is 3.08. The second-order valence-electron chi connectivity index (χ2n) is 5.52. The van der Waals surface area contributed by atoms with E-state index < -0.39 is 0 Å². The molecule has 2 saturated heterocycles. The van der Waals surface area contributed by atoms with E-state index in [0.717, 1.165) is 38.6 Å². The summed E-state index contributed by atoms with van der Waals surface area (Å²) in [6, 6.07) is 0.000889. The Morgan fingerprint density at radius 2 is 2.06 bits per heavy atom. The zero-order valence-electron chi connectivity index (χ0n) is 11.0. The van der Waals surface area contributed by atoms with E-state index in [-0.39, 0.29) is 23.8 Å². The second kappa shape index (κ2) is 5.69. The summed E-state index contributed by atoms with van der Waals surface area (Å²) in [5.41, 5.74) is 5.41. The maximum absolute atomic E-state index is 12.5. The first-order valence-corrected chi connectivity index (χ1v) is 6.92. The first kappa shape index (κ1) is 13.3. The number of rotatable bonds is 2. The monoisotopic (exact) mass is 253 g/mol.